The Hall–Kier alpha value is -1.93. The van der Waals surface area contributed by atoms with E-state index in [1.165, 1.54) is 11.3 Å². The molecule has 0 unspecified atom stereocenters. The molecule has 0 atom stereocenters. The smallest absolute Gasteiger partial charge is 0.246 e. The zero-order valence-electron chi connectivity index (χ0n) is 11.1. The van der Waals surface area contributed by atoms with Gasteiger partial charge in [-0.15, -0.1) is 0 Å². The molecule has 0 bridgehead atoms. The summed E-state index contributed by atoms with van der Waals surface area (Å²) < 4.78 is 1.04. The van der Waals surface area contributed by atoms with Gasteiger partial charge in [-0.1, -0.05) is 42.7 Å². The molecule has 1 aromatic carbocycles. The van der Waals surface area contributed by atoms with Crippen molar-refractivity contribution in [2.75, 3.05) is 5.32 Å². The van der Waals surface area contributed by atoms with E-state index in [2.05, 4.69) is 16.4 Å². The molecule has 4 nitrogen and oxygen atoms in total. The Labute approximate surface area is 121 Å². The fourth-order valence-electron chi connectivity index (χ4n) is 2.69. The zero-order chi connectivity index (χ0) is 14.0. The molecule has 1 amide bonds. The summed E-state index contributed by atoms with van der Waals surface area (Å²) in [6.45, 7) is 0. The van der Waals surface area contributed by atoms with Gasteiger partial charge >= 0.3 is 0 Å². The van der Waals surface area contributed by atoms with Crippen LogP contribution < -0.4 is 5.32 Å². The molecule has 20 heavy (non-hydrogen) atoms. The second-order valence-electron chi connectivity index (χ2n) is 5.20. The molecule has 0 radical (unpaired) electrons. The van der Waals surface area contributed by atoms with Crippen LogP contribution in [-0.2, 0) is 4.79 Å². The van der Waals surface area contributed by atoms with Crippen LogP contribution in [-0.4, -0.2) is 10.9 Å². The number of amides is 1. The van der Waals surface area contributed by atoms with Gasteiger partial charge in [-0.25, -0.2) is 4.98 Å². The number of hydrogen-bond donors (Lipinski definition) is 1. The van der Waals surface area contributed by atoms with Crippen LogP contribution in [0.5, 0.6) is 0 Å². The second kappa shape index (κ2) is 5.22. The predicted molar refractivity (Wildman–Crippen MR) is 79.4 cm³/mol. The van der Waals surface area contributed by atoms with Crippen LogP contribution in [0, 0.1) is 16.7 Å². The maximum Gasteiger partial charge on any atom is 0.246 e. The van der Waals surface area contributed by atoms with Gasteiger partial charge < -0.3 is 5.32 Å². The van der Waals surface area contributed by atoms with Gasteiger partial charge in [-0.2, -0.15) is 5.26 Å². The molecule has 0 saturated heterocycles. The molecule has 1 saturated carbocycles. The van der Waals surface area contributed by atoms with Crippen molar-refractivity contribution in [2.24, 2.45) is 5.41 Å². The van der Waals surface area contributed by atoms with E-state index < -0.39 is 5.41 Å². The molecule has 1 aromatic heterocycles. The van der Waals surface area contributed by atoms with E-state index in [0.717, 1.165) is 29.5 Å². The normalized spacial score (nSPS) is 17.6. The second-order valence-corrected chi connectivity index (χ2v) is 6.23. The standard InChI is InChI=1S/C15H15N3OS/c16-10-15(8-4-1-5-9-15)13(19)18-14-17-11-6-2-3-7-12(11)20-14/h2-3,6-7H,1,4-5,8-9H2,(H,17,18,19). The number of carbonyl (C=O) groups excluding carboxylic acids is 1. The topological polar surface area (TPSA) is 65.8 Å². The average molecular weight is 285 g/mol. The summed E-state index contributed by atoms with van der Waals surface area (Å²) >= 11 is 1.45. The summed E-state index contributed by atoms with van der Waals surface area (Å²) in [5, 5.41) is 12.8. The molecular formula is C15H15N3OS. The van der Waals surface area contributed by atoms with Crippen molar-refractivity contribution in [3.63, 3.8) is 0 Å². The summed E-state index contributed by atoms with van der Waals surface area (Å²) in [6, 6.07) is 10.0. The van der Waals surface area contributed by atoms with E-state index in [1.807, 2.05) is 24.3 Å². The lowest BCUT2D eigenvalue weighted by molar-refractivity contribution is -0.124. The first-order chi connectivity index (χ1) is 9.73. The van der Waals surface area contributed by atoms with Gasteiger partial charge in [-0.3, -0.25) is 4.79 Å². The van der Waals surface area contributed by atoms with Crippen molar-refractivity contribution in [2.45, 2.75) is 32.1 Å². The molecule has 0 aliphatic heterocycles. The van der Waals surface area contributed by atoms with Crippen molar-refractivity contribution in [1.82, 2.24) is 4.98 Å². The predicted octanol–water partition coefficient (Wildman–Crippen LogP) is 3.71. The number of anilines is 1. The van der Waals surface area contributed by atoms with Crippen LogP contribution in [0.2, 0.25) is 0 Å². The Kier molecular flexibility index (Phi) is 3.41. The highest BCUT2D eigenvalue weighted by atomic mass is 32.1. The number of para-hydroxylation sites is 1. The third-order valence-corrected chi connectivity index (χ3v) is 4.82. The maximum absolute atomic E-state index is 12.4. The van der Waals surface area contributed by atoms with E-state index in [1.54, 1.807) is 0 Å². The number of aromatic nitrogens is 1. The van der Waals surface area contributed by atoms with Crippen LogP contribution in [0.1, 0.15) is 32.1 Å². The van der Waals surface area contributed by atoms with E-state index in [0.29, 0.717) is 18.0 Å². The molecule has 102 valence electrons. The van der Waals surface area contributed by atoms with Gasteiger partial charge in [0, 0.05) is 0 Å². The minimum Gasteiger partial charge on any atom is -0.301 e. The first-order valence-electron chi connectivity index (χ1n) is 6.82. The number of hydrogen-bond acceptors (Lipinski definition) is 4. The number of nitrogens with one attached hydrogen (secondary N) is 1. The van der Waals surface area contributed by atoms with Crippen molar-refractivity contribution in [1.29, 1.82) is 5.26 Å². The van der Waals surface area contributed by atoms with Crippen molar-refractivity contribution in [3.8, 4) is 6.07 Å². The average Bonchev–Trinajstić information content (AvgIpc) is 2.90. The van der Waals surface area contributed by atoms with Gasteiger partial charge in [0.15, 0.2) is 5.13 Å². The molecule has 1 fully saturated rings. The Balaban J connectivity index is 1.82. The summed E-state index contributed by atoms with van der Waals surface area (Å²) in [5.41, 5.74) is 0.0123. The van der Waals surface area contributed by atoms with Gasteiger partial charge in [0.25, 0.3) is 0 Å². The fourth-order valence-corrected chi connectivity index (χ4v) is 3.55. The molecule has 2 aromatic rings. The zero-order valence-corrected chi connectivity index (χ0v) is 11.9. The first-order valence-corrected chi connectivity index (χ1v) is 7.63. The molecule has 5 heteroatoms. The van der Waals surface area contributed by atoms with E-state index in [9.17, 15) is 10.1 Å². The van der Waals surface area contributed by atoms with E-state index in [-0.39, 0.29) is 5.91 Å². The monoisotopic (exact) mass is 285 g/mol. The van der Waals surface area contributed by atoms with Gasteiger partial charge in [-0.05, 0) is 25.0 Å². The minimum atomic E-state index is -0.865. The van der Waals surface area contributed by atoms with Gasteiger partial charge in [0.05, 0.1) is 16.3 Å². The third-order valence-electron chi connectivity index (χ3n) is 3.87. The Morgan fingerprint density at radius 3 is 2.75 bits per heavy atom. The maximum atomic E-state index is 12.4. The highest BCUT2D eigenvalue weighted by molar-refractivity contribution is 7.22. The fraction of sp³-hybridized carbons (Fsp3) is 0.400. The molecular weight excluding hydrogens is 270 g/mol. The largest absolute Gasteiger partial charge is 0.301 e. The number of nitriles is 1. The molecule has 1 aliphatic rings. The van der Waals surface area contributed by atoms with Crippen molar-refractivity contribution >= 4 is 32.6 Å². The van der Waals surface area contributed by atoms with Gasteiger partial charge in [0.2, 0.25) is 5.91 Å². The Bertz CT molecular complexity index is 647. The number of thiazole rings is 1. The van der Waals surface area contributed by atoms with Crippen molar-refractivity contribution in [3.05, 3.63) is 24.3 Å². The highest BCUT2D eigenvalue weighted by Gasteiger charge is 2.40. The lowest BCUT2D eigenvalue weighted by Gasteiger charge is -2.28. The number of carbonyl (C=O) groups is 1. The third kappa shape index (κ3) is 2.27. The Morgan fingerprint density at radius 1 is 1.30 bits per heavy atom. The molecule has 1 heterocycles. The molecule has 1 aliphatic carbocycles. The summed E-state index contributed by atoms with van der Waals surface area (Å²) in [4.78, 5) is 16.8. The van der Waals surface area contributed by atoms with Crippen molar-refractivity contribution < 1.29 is 4.79 Å². The molecule has 3 rings (SSSR count). The van der Waals surface area contributed by atoms with Gasteiger partial charge in [0.1, 0.15) is 5.41 Å². The summed E-state index contributed by atoms with van der Waals surface area (Å²) in [5.74, 6) is -0.196. The molecule has 0 spiro atoms. The SMILES string of the molecule is N#CC1(C(=O)Nc2nc3ccccc3s2)CCCCC1. The quantitative estimate of drug-likeness (QED) is 0.914. The van der Waals surface area contributed by atoms with Crippen LogP contribution in [0.15, 0.2) is 24.3 Å². The summed E-state index contributed by atoms with van der Waals surface area (Å²) in [6.07, 6.45) is 4.31. The minimum absolute atomic E-state index is 0.196. The lowest BCUT2D eigenvalue weighted by atomic mass is 9.74. The highest BCUT2D eigenvalue weighted by Crippen LogP contribution is 2.37. The first kappa shape index (κ1) is 13.1. The van der Waals surface area contributed by atoms with Crippen LogP contribution in [0.4, 0.5) is 5.13 Å². The van der Waals surface area contributed by atoms with E-state index >= 15 is 0 Å². The molecule has 1 N–H and O–H groups in total. The number of fused-ring (bicyclic) bond motifs is 1. The number of benzene rings is 1. The van der Waals surface area contributed by atoms with Crippen LogP contribution >= 0.6 is 11.3 Å². The number of rotatable bonds is 2. The lowest BCUT2D eigenvalue weighted by Crippen LogP contribution is -2.36. The van der Waals surface area contributed by atoms with Crippen LogP contribution in [0.25, 0.3) is 10.2 Å². The Morgan fingerprint density at radius 2 is 2.05 bits per heavy atom. The van der Waals surface area contributed by atoms with Crippen LogP contribution in [0.3, 0.4) is 0 Å². The van der Waals surface area contributed by atoms with E-state index in [4.69, 9.17) is 0 Å². The summed E-state index contributed by atoms with van der Waals surface area (Å²) in [7, 11) is 0. The number of nitrogens with zero attached hydrogens (tertiary/aromatic N) is 2.